The van der Waals surface area contributed by atoms with E-state index in [-0.39, 0.29) is 0 Å². The molecule has 0 amide bonds. The molecule has 0 radical (unpaired) electrons. The first-order valence-electron chi connectivity index (χ1n) is 10.5. The second-order valence-electron chi connectivity index (χ2n) is 6.95. The first kappa shape index (κ1) is 30.5. The first-order chi connectivity index (χ1) is 17.5. The molecule has 0 spiro atoms. The van der Waals surface area contributed by atoms with Crippen LogP contribution in [0.4, 0.5) is 0 Å². The predicted molar refractivity (Wildman–Crippen MR) is 135 cm³/mol. The number of benzene rings is 1. The molecule has 0 unspecified atom stereocenters. The van der Waals surface area contributed by atoms with E-state index in [2.05, 4.69) is 15.0 Å². The Balaban J connectivity index is 0.000000355. The highest BCUT2D eigenvalue weighted by Gasteiger charge is 2.12. The lowest BCUT2D eigenvalue weighted by atomic mass is 10.1. The number of rotatable bonds is 9. The van der Waals surface area contributed by atoms with Gasteiger partial charge in [0.05, 0.1) is 5.52 Å². The molecule has 37 heavy (non-hydrogen) atoms. The Labute approximate surface area is 216 Å². The number of hydrogen-bond donors (Lipinski definition) is 5. The minimum Gasteiger partial charge on any atom is -0.478 e. The maximum Gasteiger partial charge on any atom is 0.328 e. The zero-order chi connectivity index (χ0) is 27.8. The van der Waals surface area contributed by atoms with Crippen LogP contribution in [-0.4, -0.2) is 72.7 Å². The molecular formula is C24H25ClN4O8. The van der Waals surface area contributed by atoms with E-state index in [9.17, 15) is 19.2 Å². The molecule has 2 aromatic heterocycles. The molecule has 0 aliphatic carbocycles. The summed E-state index contributed by atoms with van der Waals surface area (Å²) in [5.74, 6) is -5.03. The van der Waals surface area contributed by atoms with Gasteiger partial charge in [0.1, 0.15) is 5.69 Å². The van der Waals surface area contributed by atoms with Crippen LogP contribution in [0.5, 0.6) is 0 Å². The van der Waals surface area contributed by atoms with Crippen LogP contribution in [0, 0.1) is 0 Å². The maximum atomic E-state index is 9.55. The van der Waals surface area contributed by atoms with Crippen molar-refractivity contribution in [1.82, 2.24) is 20.1 Å². The number of nitrogens with zero attached hydrogens (tertiary/aromatic N) is 3. The lowest BCUT2D eigenvalue weighted by Crippen LogP contribution is -2.11. The van der Waals surface area contributed by atoms with Crippen molar-refractivity contribution in [3.8, 4) is 11.3 Å². The molecule has 0 saturated heterocycles. The quantitative estimate of drug-likeness (QED) is 0.201. The van der Waals surface area contributed by atoms with Gasteiger partial charge in [0.15, 0.2) is 0 Å². The fourth-order valence-electron chi connectivity index (χ4n) is 2.71. The van der Waals surface area contributed by atoms with Gasteiger partial charge in [-0.3, -0.25) is 9.67 Å². The molecule has 0 atom stereocenters. The number of carboxylic acids is 4. The SMILES string of the molecule is CNCCCn1nc(-c2ccc(Cl)cc2)c2cnccc21.O=C(O)/C=C\C(=O)O.O=C(O)/C=C\C(=O)O. The smallest absolute Gasteiger partial charge is 0.328 e. The van der Waals surface area contributed by atoms with E-state index in [4.69, 9.17) is 37.1 Å². The van der Waals surface area contributed by atoms with Crippen LogP contribution in [0.25, 0.3) is 22.2 Å². The van der Waals surface area contributed by atoms with Crippen molar-refractivity contribution in [2.24, 2.45) is 0 Å². The Kier molecular flexibility index (Phi) is 13.3. The monoisotopic (exact) mass is 532 g/mol. The summed E-state index contributed by atoms with van der Waals surface area (Å²) in [5, 5.41) is 41.0. The van der Waals surface area contributed by atoms with Crippen LogP contribution in [-0.2, 0) is 25.7 Å². The molecule has 2 heterocycles. The maximum absolute atomic E-state index is 9.55. The van der Waals surface area contributed by atoms with Crippen molar-refractivity contribution in [2.45, 2.75) is 13.0 Å². The number of carboxylic acid groups (broad SMARTS) is 4. The van der Waals surface area contributed by atoms with Gasteiger partial charge in [-0.25, -0.2) is 19.2 Å². The molecule has 0 aliphatic heterocycles. The van der Waals surface area contributed by atoms with Crippen molar-refractivity contribution < 1.29 is 39.6 Å². The van der Waals surface area contributed by atoms with Crippen molar-refractivity contribution in [3.05, 3.63) is 72.1 Å². The number of aromatic nitrogens is 3. The zero-order valence-electron chi connectivity index (χ0n) is 19.6. The highest BCUT2D eigenvalue weighted by molar-refractivity contribution is 6.30. The summed E-state index contributed by atoms with van der Waals surface area (Å²) >= 11 is 5.96. The Morgan fingerprint density at radius 3 is 1.86 bits per heavy atom. The summed E-state index contributed by atoms with van der Waals surface area (Å²) in [4.78, 5) is 42.4. The van der Waals surface area contributed by atoms with Gasteiger partial charge in [0.2, 0.25) is 0 Å². The van der Waals surface area contributed by atoms with Gasteiger partial charge in [-0.05, 0) is 38.2 Å². The van der Waals surface area contributed by atoms with Crippen LogP contribution in [0.15, 0.2) is 67.0 Å². The topological polar surface area (TPSA) is 192 Å². The molecule has 196 valence electrons. The Morgan fingerprint density at radius 2 is 1.41 bits per heavy atom. The van der Waals surface area contributed by atoms with Crippen molar-refractivity contribution in [3.63, 3.8) is 0 Å². The summed E-state index contributed by atoms with van der Waals surface area (Å²) < 4.78 is 2.05. The summed E-state index contributed by atoms with van der Waals surface area (Å²) in [6, 6.07) is 9.78. The molecule has 0 bridgehead atoms. The second kappa shape index (κ2) is 16.2. The molecule has 12 nitrogen and oxygen atoms in total. The lowest BCUT2D eigenvalue weighted by molar-refractivity contribution is -0.134. The van der Waals surface area contributed by atoms with Crippen LogP contribution in [0.2, 0.25) is 5.02 Å². The van der Waals surface area contributed by atoms with Crippen molar-refractivity contribution >= 4 is 46.4 Å². The zero-order valence-corrected chi connectivity index (χ0v) is 20.4. The standard InChI is InChI=1S/C16H17ClN4.2C4H4O4/c1-18-8-2-10-21-15-7-9-19-11-14(15)16(20-21)12-3-5-13(17)6-4-12;2*5-3(6)1-2-4(7)8/h3-7,9,11,18H,2,8,10H2,1H3;2*1-2H,(H,5,6)(H,7,8)/b;2*2-1-. The van der Waals surface area contributed by atoms with Crippen LogP contribution in [0.3, 0.4) is 0 Å². The van der Waals surface area contributed by atoms with Gasteiger partial charge in [-0.15, -0.1) is 0 Å². The number of aliphatic carboxylic acids is 4. The highest BCUT2D eigenvalue weighted by atomic mass is 35.5. The predicted octanol–water partition coefficient (Wildman–Crippen LogP) is 2.78. The van der Waals surface area contributed by atoms with E-state index in [0.29, 0.717) is 24.3 Å². The Hall–Kier alpha value is -4.55. The van der Waals surface area contributed by atoms with Crippen LogP contribution < -0.4 is 5.32 Å². The molecule has 13 heteroatoms. The summed E-state index contributed by atoms with van der Waals surface area (Å²) in [7, 11) is 1.96. The van der Waals surface area contributed by atoms with Gasteiger partial charge in [0.25, 0.3) is 0 Å². The molecule has 0 aliphatic rings. The van der Waals surface area contributed by atoms with Crippen LogP contribution >= 0.6 is 11.6 Å². The largest absolute Gasteiger partial charge is 0.478 e. The highest BCUT2D eigenvalue weighted by Crippen LogP contribution is 2.28. The molecule has 0 saturated carbocycles. The number of nitrogens with one attached hydrogen (secondary N) is 1. The average molecular weight is 533 g/mol. The van der Waals surface area contributed by atoms with Gasteiger partial charge in [-0.2, -0.15) is 5.10 Å². The Morgan fingerprint density at radius 1 is 0.892 bits per heavy atom. The minimum atomic E-state index is -1.26. The van der Waals surface area contributed by atoms with E-state index in [1.54, 1.807) is 0 Å². The Bertz CT molecular complexity index is 1200. The van der Waals surface area contributed by atoms with Crippen molar-refractivity contribution in [1.29, 1.82) is 0 Å². The average Bonchev–Trinajstić information content (AvgIpc) is 3.22. The fraction of sp³-hybridized carbons (Fsp3) is 0.167. The number of aryl methyl sites for hydroxylation is 1. The van der Waals surface area contributed by atoms with Gasteiger partial charge in [0, 0.05) is 59.2 Å². The third-order valence-electron chi connectivity index (χ3n) is 4.20. The summed E-state index contributed by atoms with van der Waals surface area (Å²) in [6.07, 6.45) is 6.95. The molecule has 0 fully saturated rings. The number of carbonyl (C=O) groups is 4. The molecular weight excluding hydrogens is 508 g/mol. The van der Waals surface area contributed by atoms with Gasteiger partial charge in [-0.1, -0.05) is 23.7 Å². The normalized spacial score (nSPS) is 10.4. The van der Waals surface area contributed by atoms with Crippen molar-refractivity contribution in [2.75, 3.05) is 13.6 Å². The number of pyridine rings is 1. The second-order valence-corrected chi connectivity index (χ2v) is 7.38. The fourth-order valence-corrected chi connectivity index (χ4v) is 2.83. The van der Waals surface area contributed by atoms with E-state index in [1.165, 1.54) is 0 Å². The summed E-state index contributed by atoms with van der Waals surface area (Å²) in [5.41, 5.74) is 3.13. The third kappa shape index (κ3) is 12.1. The van der Waals surface area contributed by atoms with Gasteiger partial charge >= 0.3 is 23.9 Å². The summed E-state index contributed by atoms with van der Waals surface area (Å²) in [6.45, 7) is 1.86. The van der Waals surface area contributed by atoms with E-state index >= 15 is 0 Å². The number of halogens is 1. The molecule has 5 N–H and O–H groups in total. The number of fused-ring (bicyclic) bond motifs is 1. The minimum absolute atomic E-state index is 0.558. The van der Waals surface area contributed by atoms with E-state index in [0.717, 1.165) is 46.7 Å². The van der Waals surface area contributed by atoms with Crippen LogP contribution in [0.1, 0.15) is 6.42 Å². The first-order valence-corrected chi connectivity index (χ1v) is 10.9. The van der Waals surface area contributed by atoms with E-state index < -0.39 is 23.9 Å². The molecule has 1 aromatic carbocycles. The number of hydrogen-bond acceptors (Lipinski definition) is 7. The van der Waals surface area contributed by atoms with Gasteiger partial charge < -0.3 is 25.7 Å². The molecule has 3 rings (SSSR count). The van der Waals surface area contributed by atoms with E-state index in [1.807, 2.05) is 49.8 Å². The third-order valence-corrected chi connectivity index (χ3v) is 4.46. The lowest BCUT2D eigenvalue weighted by Gasteiger charge is -2.02. The molecule has 3 aromatic rings.